The summed E-state index contributed by atoms with van der Waals surface area (Å²) in [5.74, 6) is 0.166. The van der Waals surface area contributed by atoms with Crippen molar-refractivity contribution in [1.29, 1.82) is 0 Å². The molecule has 162 valence electrons. The number of nitrogens with one attached hydrogen (secondary N) is 1. The predicted molar refractivity (Wildman–Crippen MR) is 119 cm³/mol. The van der Waals surface area contributed by atoms with Crippen molar-refractivity contribution < 1.29 is 14.3 Å². The van der Waals surface area contributed by atoms with Crippen molar-refractivity contribution in [3.05, 3.63) is 17.5 Å². The molecule has 4 N–H and O–H groups in total. The van der Waals surface area contributed by atoms with E-state index in [4.69, 9.17) is 10.2 Å². The first-order chi connectivity index (χ1) is 13.4. The number of aromatic nitrogens is 1. The fourth-order valence-corrected chi connectivity index (χ4v) is 5.76. The molecular weight excluding hydrogens is 384 g/mol. The van der Waals surface area contributed by atoms with E-state index in [0.29, 0.717) is 12.2 Å². The normalized spacial score (nSPS) is 25.0. The number of carbonyl (C=O) groups is 1. The van der Waals surface area contributed by atoms with Gasteiger partial charge in [0.1, 0.15) is 0 Å². The smallest absolute Gasteiger partial charge is 0.405 e. The third-order valence-electron chi connectivity index (χ3n) is 6.85. The highest BCUT2D eigenvalue weighted by Gasteiger charge is 2.45. The Morgan fingerprint density at radius 1 is 1.34 bits per heavy atom. The van der Waals surface area contributed by atoms with Gasteiger partial charge in [-0.2, -0.15) is 0 Å². The molecule has 1 aromatic rings. The molecule has 2 heterocycles. The number of nitrogen functional groups attached to an aromatic ring is 1. The van der Waals surface area contributed by atoms with Crippen LogP contribution in [0, 0.1) is 5.92 Å². The van der Waals surface area contributed by atoms with E-state index < -0.39 is 14.4 Å². The highest BCUT2D eigenvalue weighted by Crippen LogP contribution is 2.41. The van der Waals surface area contributed by atoms with E-state index in [2.05, 4.69) is 56.0 Å². The lowest BCUT2D eigenvalue weighted by Crippen LogP contribution is -2.62. The zero-order chi connectivity index (χ0) is 21.6. The molecule has 8 heteroatoms. The average molecular weight is 421 g/mol. The maximum atomic E-state index is 11.6. The van der Waals surface area contributed by atoms with Crippen LogP contribution in [0.1, 0.15) is 45.4 Å². The molecule has 2 aliphatic rings. The minimum atomic E-state index is -2.04. The first-order valence-electron chi connectivity index (χ1n) is 10.6. The van der Waals surface area contributed by atoms with Gasteiger partial charge in [0.05, 0.1) is 29.7 Å². The highest BCUT2D eigenvalue weighted by molar-refractivity contribution is 6.74. The molecule has 1 aliphatic heterocycles. The molecule has 29 heavy (non-hydrogen) atoms. The van der Waals surface area contributed by atoms with Crippen LogP contribution in [-0.4, -0.2) is 49.7 Å². The zero-order valence-electron chi connectivity index (χ0n) is 18.6. The van der Waals surface area contributed by atoms with Crippen LogP contribution in [0.15, 0.2) is 6.20 Å². The third kappa shape index (κ3) is 4.38. The summed E-state index contributed by atoms with van der Waals surface area (Å²) in [4.78, 5) is 18.3. The molecule has 3 atom stereocenters. The molecule has 0 aromatic carbocycles. The van der Waals surface area contributed by atoms with E-state index in [0.717, 1.165) is 37.2 Å². The molecule has 1 saturated heterocycles. The largest absolute Gasteiger partial charge is 0.465 e. The lowest BCUT2D eigenvalue weighted by molar-refractivity contribution is 0.0721. The van der Waals surface area contributed by atoms with E-state index in [-0.39, 0.29) is 23.1 Å². The van der Waals surface area contributed by atoms with E-state index in [9.17, 15) is 9.90 Å². The van der Waals surface area contributed by atoms with Crippen LogP contribution < -0.4 is 16.0 Å². The first kappa shape index (κ1) is 21.9. The number of fused-ring (bicyclic) bond motifs is 1. The lowest BCUT2D eigenvalue weighted by Gasteiger charge is -2.48. The van der Waals surface area contributed by atoms with Gasteiger partial charge in [0.15, 0.2) is 8.32 Å². The Balaban J connectivity index is 1.90. The number of aryl methyl sites for hydroxylation is 1. The van der Waals surface area contributed by atoms with Gasteiger partial charge < -0.3 is 25.5 Å². The van der Waals surface area contributed by atoms with Crippen molar-refractivity contribution in [3.63, 3.8) is 0 Å². The summed E-state index contributed by atoms with van der Waals surface area (Å²) in [5.41, 5.74) is 10.4. The Bertz CT molecular complexity index is 778. The average Bonchev–Trinajstić information content (AvgIpc) is 3.04. The molecule has 0 spiro atoms. The quantitative estimate of drug-likeness (QED) is 0.643. The van der Waals surface area contributed by atoms with Gasteiger partial charge in [-0.05, 0) is 43.0 Å². The van der Waals surface area contributed by atoms with Crippen molar-refractivity contribution >= 4 is 25.8 Å². The van der Waals surface area contributed by atoms with Crippen LogP contribution in [0.3, 0.4) is 0 Å². The zero-order valence-corrected chi connectivity index (χ0v) is 19.6. The van der Waals surface area contributed by atoms with E-state index >= 15 is 0 Å². The number of nitrogens with two attached hydrogens (primary N) is 1. The number of pyridine rings is 1. The van der Waals surface area contributed by atoms with Crippen LogP contribution in [0.2, 0.25) is 18.1 Å². The molecule has 3 unspecified atom stereocenters. The van der Waals surface area contributed by atoms with Crippen molar-refractivity contribution in [3.8, 4) is 0 Å². The topological polar surface area (TPSA) is 101 Å². The Morgan fingerprint density at radius 3 is 2.66 bits per heavy atom. The number of hydrogen-bond acceptors (Lipinski definition) is 5. The molecule has 0 bridgehead atoms. The summed E-state index contributed by atoms with van der Waals surface area (Å²) in [7, 11) is -2.04. The van der Waals surface area contributed by atoms with Gasteiger partial charge in [0.25, 0.3) is 0 Å². The fraction of sp³-hybridized carbons (Fsp3) is 0.714. The van der Waals surface area contributed by atoms with Gasteiger partial charge in [-0.25, -0.2) is 4.79 Å². The number of rotatable bonds is 4. The van der Waals surface area contributed by atoms with Gasteiger partial charge in [-0.3, -0.25) is 4.98 Å². The maximum absolute atomic E-state index is 11.6. The van der Waals surface area contributed by atoms with Crippen molar-refractivity contribution in [1.82, 2.24) is 10.3 Å². The highest BCUT2D eigenvalue weighted by atomic mass is 28.4. The molecule has 1 aliphatic carbocycles. The van der Waals surface area contributed by atoms with Crippen molar-refractivity contribution in [2.45, 2.75) is 77.2 Å². The molecule has 7 nitrogen and oxygen atoms in total. The second-order valence-corrected chi connectivity index (χ2v) is 14.9. The number of anilines is 2. The Labute approximate surface area is 175 Å². The van der Waals surface area contributed by atoms with Gasteiger partial charge in [0, 0.05) is 24.7 Å². The molecule has 0 radical (unpaired) electrons. The van der Waals surface area contributed by atoms with Gasteiger partial charge in [-0.1, -0.05) is 27.7 Å². The van der Waals surface area contributed by atoms with Gasteiger partial charge in [-0.15, -0.1) is 0 Å². The second kappa shape index (κ2) is 7.79. The Morgan fingerprint density at radius 2 is 2.03 bits per heavy atom. The van der Waals surface area contributed by atoms with Crippen LogP contribution >= 0.6 is 0 Å². The monoisotopic (exact) mass is 420 g/mol. The van der Waals surface area contributed by atoms with E-state index in [1.165, 1.54) is 5.56 Å². The number of amides is 1. The second-order valence-electron chi connectivity index (χ2n) is 10.1. The summed E-state index contributed by atoms with van der Waals surface area (Å²) >= 11 is 0. The minimum absolute atomic E-state index is 0.0635. The Hall–Kier alpha value is -1.80. The number of carboxylic acid groups (broad SMARTS) is 1. The van der Waals surface area contributed by atoms with Crippen molar-refractivity contribution in [2.24, 2.45) is 5.92 Å². The third-order valence-corrected chi connectivity index (χ3v) is 11.3. The SMILES string of the molecule is CC1CN(c2c(N)cnc3c2CCC3)CC(NC(=O)O)C1O[Si](C)(C)C(C)(C)C. The van der Waals surface area contributed by atoms with Crippen LogP contribution in [-0.2, 0) is 17.3 Å². The Kier molecular flexibility index (Phi) is 5.88. The lowest BCUT2D eigenvalue weighted by atomic mass is 9.91. The molecule has 1 aromatic heterocycles. The summed E-state index contributed by atoms with van der Waals surface area (Å²) in [6, 6.07) is -0.310. The maximum Gasteiger partial charge on any atom is 0.405 e. The first-order valence-corrected chi connectivity index (χ1v) is 13.5. The molecule has 1 amide bonds. The standard InChI is InChI=1S/C21H36N4O3Si/c1-13-11-25(18-14-8-7-9-16(14)23-10-15(18)22)12-17(24-20(26)27)19(13)28-29(5,6)21(2,3)4/h10,13,17,19,24H,7-9,11-12,22H2,1-6H3,(H,26,27). The minimum Gasteiger partial charge on any atom is -0.465 e. The van der Waals surface area contributed by atoms with Gasteiger partial charge >= 0.3 is 6.09 Å². The van der Waals surface area contributed by atoms with Crippen LogP contribution in [0.4, 0.5) is 16.2 Å². The number of hydrogen-bond donors (Lipinski definition) is 3. The van der Waals surface area contributed by atoms with Crippen LogP contribution in [0.25, 0.3) is 0 Å². The van der Waals surface area contributed by atoms with E-state index in [1.54, 1.807) is 6.20 Å². The summed E-state index contributed by atoms with van der Waals surface area (Å²) in [6.07, 6.45) is 3.65. The van der Waals surface area contributed by atoms with Gasteiger partial charge in [0.2, 0.25) is 0 Å². The van der Waals surface area contributed by atoms with Crippen molar-refractivity contribution in [2.75, 3.05) is 23.7 Å². The summed E-state index contributed by atoms with van der Waals surface area (Å²) < 4.78 is 6.72. The summed E-state index contributed by atoms with van der Waals surface area (Å²) in [6.45, 7) is 14.6. The molecule has 0 saturated carbocycles. The van der Waals surface area contributed by atoms with E-state index in [1.807, 2.05) is 0 Å². The fourth-order valence-electron chi connectivity index (χ4n) is 4.33. The molecule has 3 rings (SSSR count). The molecular formula is C21H36N4O3Si. The molecule has 1 fully saturated rings. The van der Waals surface area contributed by atoms with Crippen LogP contribution in [0.5, 0.6) is 0 Å². The predicted octanol–water partition coefficient (Wildman–Crippen LogP) is 3.64. The number of piperidine rings is 1. The number of nitrogens with zero attached hydrogens (tertiary/aromatic N) is 2. The summed E-state index contributed by atoms with van der Waals surface area (Å²) in [5, 5.41) is 12.3.